The van der Waals surface area contributed by atoms with E-state index in [1.165, 1.54) is 17.3 Å². The van der Waals surface area contributed by atoms with Gasteiger partial charge in [-0.25, -0.2) is 4.98 Å². The third kappa shape index (κ3) is 5.44. The fourth-order valence-electron chi connectivity index (χ4n) is 4.94. The topological polar surface area (TPSA) is 36.4 Å². The first-order chi connectivity index (χ1) is 17.0. The number of rotatable bonds is 6. The van der Waals surface area contributed by atoms with Gasteiger partial charge in [-0.05, 0) is 54.9 Å². The summed E-state index contributed by atoms with van der Waals surface area (Å²) < 4.78 is 0.645. The Bertz CT molecular complexity index is 1260. The maximum Gasteiger partial charge on any atom is 0.266 e. The number of amides is 1. The zero-order valence-corrected chi connectivity index (χ0v) is 21.9. The van der Waals surface area contributed by atoms with Gasteiger partial charge in [-0.1, -0.05) is 86.4 Å². The van der Waals surface area contributed by atoms with E-state index in [0.717, 1.165) is 54.6 Å². The molecule has 0 radical (unpaired) electrons. The summed E-state index contributed by atoms with van der Waals surface area (Å²) in [6.07, 6.45) is 5.41. The second-order valence-corrected chi connectivity index (χ2v) is 11.6. The second-order valence-electron chi connectivity index (χ2n) is 9.90. The Morgan fingerprint density at radius 3 is 2.54 bits per heavy atom. The fraction of sp³-hybridized carbons (Fsp3) is 0.345. The van der Waals surface area contributed by atoms with E-state index in [1.807, 2.05) is 18.2 Å². The van der Waals surface area contributed by atoms with E-state index in [9.17, 15) is 4.79 Å². The van der Waals surface area contributed by atoms with Crippen LogP contribution in [0.25, 0.3) is 17.0 Å². The summed E-state index contributed by atoms with van der Waals surface area (Å²) in [6, 6.07) is 21.2. The predicted molar refractivity (Wildman–Crippen MR) is 152 cm³/mol. The van der Waals surface area contributed by atoms with Gasteiger partial charge in [-0.3, -0.25) is 9.69 Å². The number of anilines is 1. The molecule has 3 heterocycles. The minimum Gasteiger partial charge on any atom is -0.356 e. The van der Waals surface area contributed by atoms with Crippen LogP contribution in [0, 0.1) is 11.8 Å². The van der Waals surface area contributed by atoms with E-state index in [0.29, 0.717) is 27.6 Å². The molecule has 0 aliphatic carbocycles. The number of hydrogen-bond acceptors (Lipinski definition) is 5. The van der Waals surface area contributed by atoms with Crippen molar-refractivity contribution in [3.8, 4) is 0 Å². The summed E-state index contributed by atoms with van der Waals surface area (Å²) >= 11 is 6.94. The van der Waals surface area contributed by atoms with Crippen molar-refractivity contribution in [1.82, 2.24) is 9.88 Å². The van der Waals surface area contributed by atoms with Crippen molar-refractivity contribution in [3.05, 3.63) is 76.7 Å². The highest BCUT2D eigenvalue weighted by atomic mass is 32.2. The van der Waals surface area contributed by atoms with Crippen LogP contribution in [0.2, 0.25) is 0 Å². The van der Waals surface area contributed by atoms with Gasteiger partial charge in [0.2, 0.25) is 0 Å². The second kappa shape index (κ2) is 10.5. The summed E-state index contributed by atoms with van der Waals surface area (Å²) in [5, 5.41) is 1.08. The molecule has 3 aromatic rings. The number of hydrogen-bond donors (Lipinski definition) is 0. The molecule has 1 aromatic heterocycles. The number of nitrogens with zero attached hydrogens (tertiary/aromatic N) is 3. The highest BCUT2D eigenvalue weighted by Crippen LogP contribution is 2.36. The predicted octanol–water partition coefficient (Wildman–Crippen LogP) is 6.55. The lowest BCUT2D eigenvalue weighted by atomic mass is 9.90. The first kappa shape index (κ1) is 24.0. The maximum atomic E-state index is 13.1. The van der Waals surface area contributed by atoms with Crippen molar-refractivity contribution in [2.45, 2.75) is 33.1 Å². The van der Waals surface area contributed by atoms with Crippen LogP contribution >= 0.6 is 24.0 Å². The van der Waals surface area contributed by atoms with Crippen LogP contribution in [-0.2, 0) is 11.2 Å². The molecule has 0 saturated carbocycles. The summed E-state index contributed by atoms with van der Waals surface area (Å²) in [4.78, 5) is 23.0. The molecule has 2 aliphatic rings. The Labute approximate surface area is 217 Å². The van der Waals surface area contributed by atoms with Crippen molar-refractivity contribution in [3.63, 3.8) is 0 Å². The standard InChI is InChI=1S/C29H31N3OS2/c1-20(2)19-32-28(33)26(35-29(32)34)18-24-17-23-10-6-7-11-25(23)30-27(24)31-14-12-22(13-15-31)16-21-8-4-3-5-9-21/h3-11,17-18,20,22H,12-16,19H2,1-2H3/b26-18-. The zero-order valence-electron chi connectivity index (χ0n) is 20.3. The van der Waals surface area contributed by atoms with Crippen molar-refractivity contribution in [2.24, 2.45) is 11.8 Å². The third-order valence-corrected chi connectivity index (χ3v) is 8.10. The van der Waals surface area contributed by atoms with Crippen LogP contribution in [-0.4, -0.2) is 39.7 Å². The van der Waals surface area contributed by atoms with Crippen LogP contribution in [0.5, 0.6) is 0 Å². The van der Waals surface area contributed by atoms with Crippen LogP contribution in [0.1, 0.15) is 37.8 Å². The van der Waals surface area contributed by atoms with E-state index >= 15 is 0 Å². The monoisotopic (exact) mass is 501 g/mol. The van der Waals surface area contributed by atoms with Crippen molar-refractivity contribution < 1.29 is 4.79 Å². The summed E-state index contributed by atoms with van der Waals surface area (Å²) in [5.41, 5.74) is 3.40. The zero-order chi connectivity index (χ0) is 24.4. The Balaban J connectivity index is 1.41. The molecule has 2 aromatic carbocycles. The molecule has 1 amide bonds. The Morgan fingerprint density at radius 2 is 1.80 bits per heavy atom. The largest absolute Gasteiger partial charge is 0.356 e. The number of pyridine rings is 1. The number of piperidine rings is 1. The molecule has 2 fully saturated rings. The summed E-state index contributed by atoms with van der Waals surface area (Å²) in [7, 11) is 0. The smallest absolute Gasteiger partial charge is 0.266 e. The SMILES string of the molecule is CC(C)CN1C(=O)/C(=C/c2cc3ccccc3nc2N2CCC(Cc3ccccc3)CC2)SC1=S. The highest BCUT2D eigenvalue weighted by Gasteiger charge is 2.33. The molecule has 35 heavy (non-hydrogen) atoms. The molecular formula is C29H31N3OS2. The van der Waals surface area contributed by atoms with Gasteiger partial charge in [-0.2, -0.15) is 0 Å². The molecular weight excluding hydrogens is 470 g/mol. The number of thioether (sulfide) groups is 1. The molecule has 180 valence electrons. The van der Waals surface area contributed by atoms with Crippen molar-refractivity contribution >= 4 is 57.0 Å². The number of fused-ring (bicyclic) bond motifs is 1. The summed E-state index contributed by atoms with van der Waals surface area (Å²) in [5.74, 6) is 2.03. The number of thiocarbonyl (C=S) groups is 1. The number of aromatic nitrogens is 1. The van der Waals surface area contributed by atoms with E-state index in [4.69, 9.17) is 17.2 Å². The van der Waals surface area contributed by atoms with Gasteiger partial charge in [0.1, 0.15) is 10.1 Å². The van der Waals surface area contributed by atoms with Gasteiger partial charge in [0.15, 0.2) is 0 Å². The van der Waals surface area contributed by atoms with Gasteiger partial charge in [0.25, 0.3) is 5.91 Å². The molecule has 6 heteroatoms. The Hall–Kier alpha value is -2.70. The first-order valence-electron chi connectivity index (χ1n) is 12.4. The van der Waals surface area contributed by atoms with Crippen LogP contribution < -0.4 is 4.90 Å². The maximum absolute atomic E-state index is 13.1. The molecule has 2 aliphatic heterocycles. The van der Waals surface area contributed by atoms with Crippen molar-refractivity contribution in [1.29, 1.82) is 0 Å². The van der Waals surface area contributed by atoms with Crippen LogP contribution in [0.15, 0.2) is 65.6 Å². The molecule has 0 bridgehead atoms. The highest BCUT2D eigenvalue weighted by molar-refractivity contribution is 8.26. The van der Waals surface area contributed by atoms with Crippen LogP contribution in [0.4, 0.5) is 5.82 Å². The van der Waals surface area contributed by atoms with Crippen LogP contribution in [0.3, 0.4) is 0 Å². The summed E-state index contributed by atoms with van der Waals surface area (Å²) in [6.45, 7) is 6.81. The fourth-order valence-corrected chi connectivity index (χ4v) is 6.21. The molecule has 0 unspecified atom stereocenters. The number of benzene rings is 2. The lowest BCUT2D eigenvalue weighted by Gasteiger charge is -2.34. The van der Waals surface area contributed by atoms with Gasteiger partial charge >= 0.3 is 0 Å². The normalized spacial score (nSPS) is 18.4. The minimum atomic E-state index is 0.00868. The van der Waals surface area contributed by atoms with Crippen molar-refractivity contribution in [2.75, 3.05) is 24.5 Å². The third-order valence-electron chi connectivity index (χ3n) is 6.72. The van der Waals surface area contributed by atoms with E-state index in [-0.39, 0.29) is 5.91 Å². The van der Waals surface area contributed by atoms with Gasteiger partial charge < -0.3 is 4.90 Å². The number of carbonyl (C=O) groups excluding carboxylic acids is 1. The molecule has 4 nitrogen and oxygen atoms in total. The van der Waals surface area contributed by atoms with Gasteiger partial charge in [0, 0.05) is 30.6 Å². The molecule has 0 spiro atoms. The Kier molecular flexibility index (Phi) is 7.21. The van der Waals surface area contributed by atoms with E-state index in [2.05, 4.69) is 67.3 Å². The Morgan fingerprint density at radius 1 is 1.09 bits per heavy atom. The first-order valence-corrected chi connectivity index (χ1v) is 13.6. The van der Waals surface area contributed by atoms with Gasteiger partial charge in [0.05, 0.1) is 10.4 Å². The van der Waals surface area contributed by atoms with E-state index < -0.39 is 0 Å². The lowest BCUT2D eigenvalue weighted by Crippen LogP contribution is -2.35. The van der Waals surface area contributed by atoms with Gasteiger partial charge in [-0.15, -0.1) is 0 Å². The molecule has 5 rings (SSSR count). The minimum absolute atomic E-state index is 0.00868. The average molecular weight is 502 g/mol. The van der Waals surface area contributed by atoms with E-state index in [1.54, 1.807) is 4.90 Å². The molecule has 0 N–H and O–H groups in total. The quantitative estimate of drug-likeness (QED) is 0.283. The number of carbonyl (C=O) groups is 1. The average Bonchev–Trinajstić information content (AvgIpc) is 3.12. The molecule has 0 atom stereocenters. The lowest BCUT2D eigenvalue weighted by molar-refractivity contribution is -0.122. The molecule has 2 saturated heterocycles. The number of para-hydroxylation sites is 1.